The number of benzene rings is 3. The van der Waals surface area contributed by atoms with Gasteiger partial charge in [0.05, 0.1) is 26.9 Å². The highest BCUT2D eigenvalue weighted by molar-refractivity contribution is 6.40. The first-order valence-electron chi connectivity index (χ1n) is 11.9. The molecule has 0 aliphatic carbocycles. The number of aliphatic carboxylic acids is 1. The summed E-state index contributed by atoms with van der Waals surface area (Å²) < 4.78 is 0. The van der Waals surface area contributed by atoms with Crippen molar-refractivity contribution in [3.8, 4) is 0 Å². The summed E-state index contributed by atoms with van der Waals surface area (Å²) in [7, 11) is 0. The van der Waals surface area contributed by atoms with Crippen molar-refractivity contribution >= 4 is 58.3 Å². The minimum Gasteiger partial charge on any atom is -0.480 e. The van der Waals surface area contributed by atoms with Crippen LogP contribution in [0.5, 0.6) is 0 Å². The third kappa shape index (κ3) is 8.46. The molecule has 0 radical (unpaired) electrons. The Bertz CT molecular complexity index is 1380. The van der Waals surface area contributed by atoms with Gasteiger partial charge in [0.2, 0.25) is 0 Å². The Hall–Kier alpha value is -4.08. The predicted molar refractivity (Wildman–Crippen MR) is 155 cm³/mol. The molecule has 0 fully saturated rings. The van der Waals surface area contributed by atoms with Gasteiger partial charge in [-0.05, 0) is 62.7 Å². The van der Waals surface area contributed by atoms with Crippen molar-refractivity contribution in [3.05, 3.63) is 93.5 Å². The second-order valence-corrected chi connectivity index (χ2v) is 10.5. The van der Waals surface area contributed by atoms with Crippen LogP contribution in [0.15, 0.2) is 71.7 Å². The molecule has 0 bridgehead atoms. The number of nitrogens with zero attached hydrogens (tertiary/aromatic N) is 1. The van der Waals surface area contributed by atoms with E-state index in [0.29, 0.717) is 22.5 Å². The van der Waals surface area contributed by atoms with E-state index in [0.717, 1.165) is 0 Å². The molecule has 9 nitrogen and oxygen atoms in total. The number of rotatable bonds is 8. The first kappa shape index (κ1) is 29.5. The predicted octanol–water partition coefficient (Wildman–Crippen LogP) is 5.20. The molecule has 0 spiro atoms. The van der Waals surface area contributed by atoms with E-state index in [1.54, 1.807) is 66.7 Å². The van der Waals surface area contributed by atoms with Crippen LogP contribution in [-0.2, 0) is 11.2 Å². The quantitative estimate of drug-likeness (QED) is 0.186. The first-order chi connectivity index (χ1) is 18.3. The number of hydrogen-bond donors (Lipinski definition) is 5. The van der Waals surface area contributed by atoms with Gasteiger partial charge in [-0.15, -0.1) is 0 Å². The molecule has 0 aromatic heterocycles. The van der Waals surface area contributed by atoms with Crippen LogP contribution in [0.25, 0.3) is 0 Å². The van der Waals surface area contributed by atoms with Gasteiger partial charge in [-0.1, -0.05) is 53.5 Å². The molecule has 0 heterocycles. The Kier molecular flexibility index (Phi) is 9.56. The molecule has 0 saturated carbocycles. The number of carbonyl (C=O) groups excluding carboxylic acids is 2. The molecule has 3 aromatic carbocycles. The van der Waals surface area contributed by atoms with E-state index in [4.69, 9.17) is 28.9 Å². The summed E-state index contributed by atoms with van der Waals surface area (Å²) in [5, 5.41) is 18.6. The molecule has 0 aliphatic rings. The zero-order valence-corrected chi connectivity index (χ0v) is 23.1. The molecular formula is C28H29Cl2N5O4. The minimum atomic E-state index is -1.20. The van der Waals surface area contributed by atoms with Crippen LogP contribution in [0.1, 0.15) is 47.1 Å². The number of nitrogens with one attached hydrogen (secondary N) is 3. The lowest BCUT2D eigenvalue weighted by atomic mass is 10.1. The lowest BCUT2D eigenvalue weighted by Crippen LogP contribution is -2.41. The second-order valence-electron chi connectivity index (χ2n) is 9.69. The van der Waals surface area contributed by atoms with Gasteiger partial charge in [-0.25, -0.2) is 9.79 Å². The zero-order valence-electron chi connectivity index (χ0n) is 21.6. The van der Waals surface area contributed by atoms with Gasteiger partial charge in [0.15, 0.2) is 12.0 Å². The Balaban J connectivity index is 1.71. The first-order valence-corrected chi connectivity index (χ1v) is 12.7. The maximum atomic E-state index is 12.7. The Morgan fingerprint density at radius 3 is 2.10 bits per heavy atom. The van der Waals surface area contributed by atoms with Gasteiger partial charge in [-0.3, -0.25) is 9.59 Å². The van der Waals surface area contributed by atoms with Gasteiger partial charge in [0.1, 0.15) is 0 Å². The molecule has 1 atom stereocenters. The molecule has 2 amide bonds. The standard InChI is InChI=1S/C28H29Cl2N5O4/c1-28(2,3)35-24(36)18-7-4-5-10-21(18)33-27(31)34-22(26(38)39)15-16-11-13-17(14-12-16)32-25(37)23-19(29)8-6-9-20(23)30/h4-14,22H,15H2,1-3H3,(H,32,37)(H,35,36)(H,38,39)(H3,31,33,34)/t22-/m0/s1. The van der Waals surface area contributed by atoms with Crippen LogP contribution < -0.4 is 21.7 Å². The second kappa shape index (κ2) is 12.6. The van der Waals surface area contributed by atoms with E-state index in [-0.39, 0.29) is 33.9 Å². The lowest BCUT2D eigenvalue weighted by Gasteiger charge is -2.21. The fourth-order valence-electron chi connectivity index (χ4n) is 3.58. The summed E-state index contributed by atoms with van der Waals surface area (Å²) in [5.74, 6) is -2.11. The molecular weight excluding hydrogens is 541 g/mol. The molecule has 3 aromatic rings. The Morgan fingerprint density at radius 1 is 0.897 bits per heavy atom. The molecule has 3 rings (SSSR count). The fourth-order valence-corrected chi connectivity index (χ4v) is 4.15. The number of amides is 2. The normalized spacial score (nSPS) is 12.4. The number of anilines is 2. The minimum absolute atomic E-state index is 0.0361. The summed E-state index contributed by atoms with van der Waals surface area (Å²) >= 11 is 12.2. The van der Waals surface area contributed by atoms with Crippen molar-refractivity contribution in [2.45, 2.75) is 38.8 Å². The summed E-state index contributed by atoms with van der Waals surface area (Å²) in [6, 6.07) is 16.9. The van der Waals surface area contributed by atoms with Crippen molar-refractivity contribution < 1.29 is 19.5 Å². The third-order valence-electron chi connectivity index (χ3n) is 5.33. The van der Waals surface area contributed by atoms with Gasteiger partial charge < -0.3 is 26.8 Å². The molecule has 204 valence electrons. The van der Waals surface area contributed by atoms with Gasteiger partial charge in [0.25, 0.3) is 11.8 Å². The number of para-hydroxylation sites is 1. The van der Waals surface area contributed by atoms with E-state index in [2.05, 4.69) is 20.9 Å². The fraction of sp³-hybridized carbons (Fsp3) is 0.214. The van der Waals surface area contributed by atoms with Crippen LogP contribution in [0, 0.1) is 0 Å². The summed E-state index contributed by atoms with van der Waals surface area (Å²) in [6.45, 7) is 5.59. The zero-order chi connectivity index (χ0) is 28.7. The molecule has 0 aliphatic heterocycles. The summed E-state index contributed by atoms with van der Waals surface area (Å²) in [4.78, 5) is 41.3. The topological polar surface area (TPSA) is 146 Å². The van der Waals surface area contributed by atoms with Gasteiger partial charge in [-0.2, -0.15) is 0 Å². The van der Waals surface area contributed by atoms with Gasteiger partial charge >= 0.3 is 5.97 Å². The number of carboxylic acids is 1. The highest BCUT2D eigenvalue weighted by Gasteiger charge is 2.21. The van der Waals surface area contributed by atoms with Crippen molar-refractivity contribution in [1.82, 2.24) is 5.32 Å². The third-order valence-corrected chi connectivity index (χ3v) is 5.96. The Labute approximate surface area is 236 Å². The molecule has 6 N–H and O–H groups in total. The van der Waals surface area contributed by atoms with Crippen molar-refractivity contribution in [3.63, 3.8) is 0 Å². The van der Waals surface area contributed by atoms with Crippen molar-refractivity contribution in [2.75, 3.05) is 10.6 Å². The number of nitrogens with two attached hydrogens (primary N) is 1. The van der Waals surface area contributed by atoms with E-state index >= 15 is 0 Å². The number of hydrogen-bond acceptors (Lipinski definition) is 4. The SMILES string of the molecule is CC(C)(C)NC(=O)c1ccccc1NC(N)=N[C@@H](Cc1ccc(NC(=O)c2c(Cl)cccc2Cl)cc1)C(=O)O. The summed E-state index contributed by atoms with van der Waals surface area (Å²) in [6.07, 6.45) is 0.0361. The molecule has 11 heteroatoms. The summed E-state index contributed by atoms with van der Waals surface area (Å²) in [5.41, 5.74) is 7.60. The van der Waals surface area contributed by atoms with Crippen molar-refractivity contribution in [2.24, 2.45) is 10.7 Å². The highest BCUT2D eigenvalue weighted by atomic mass is 35.5. The molecule has 39 heavy (non-hydrogen) atoms. The van der Waals surface area contributed by atoms with E-state index in [9.17, 15) is 19.5 Å². The van der Waals surface area contributed by atoms with E-state index in [1.807, 2.05) is 20.8 Å². The van der Waals surface area contributed by atoms with Crippen LogP contribution in [0.3, 0.4) is 0 Å². The van der Waals surface area contributed by atoms with Crippen LogP contribution in [0.4, 0.5) is 11.4 Å². The lowest BCUT2D eigenvalue weighted by molar-refractivity contribution is -0.138. The van der Waals surface area contributed by atoms with Crippen molar-refractivity contribution in [1.29, 1.82) is 0 Å². The van der Waals surface area contributed by atoms with E-state index in [1.165, 1.54) is 0 Å². The van der Waals surface area contributed by atoms with Gasteiger partial charge in [0, 0.05) is 17.6 Å². The average molecular weight is 570 g/mol. The number of carboxylic acid groups (broad SMARTS) is 1. The molecule has 0 unspecified atom stereocenters. The maximum absolute atomic E-state index is 12.7. The largest absolute Gasteiger partial charge is 0.480 e. The van der Waals surface area contributed by atoms with E-state index < -0.39 is 23.5 Å². The Morgan fingerprint density at radius 2 is 1.51 bits per heavy atom. The average Bonchev–Trinajstić information content (AvgIpc) is 2.84. The monoisotopic (exact) mass is 569 g/mol. The van der Waals surface area contributed by atoms with Crippen LogP contribution >= 0.6 is 23.2 Å². The van der Waals surface area contributed by atoms with Crippen LogP contribution in [0.2, 0.25) is 10.0 Å². The smallest absolute Gasteiger partial charge is 0.328 e. The number of carbonyl (C=O) groups is 3. The highest BCUT2D eigenvalue weighted by Crippen LogP contribution is 2.25. The number of guanidine groups is 1. The maximum Gasteiger partial charge on any atom is 0.328 e. The number of halogens is 2. The van der Waals surface area contributed by atoms with Crippen LogP contribution in [-0.4, -0.2) is 40.4 Å². The molecule has 0 saturated heterocycles. The number of aliphatic imine (C=N–C) groups is 1.